The number of methoxy groups -OCH3 is 1. The summed E-state index contributed by atoms with van der Waals surface area (Å²) in [6, 6.07) is 11.1. The number of benzene rings is 2. The average molecular weight is 266 g/mol. The molecular formula is C14H13ClFNO. The summed E-state index contributed by atoms with van der Waals surface area (Å²) in [5.74, 6) is 0.0456. The van der Waals surface area contributed by atoms with Gasteiger partial charge in [-0.3, -0.25) is 0 Å². The van der Waals surface area contributed by atoms with E-state index in [1.165, 1.54) is 13.2 Å². The molecule has 2 aromatic rings. The largest absolute Gasteiger partial charge is 0.496 e. The first-order valence-corrected chi connectivity index (χ1v) is 5.84. The van der Waals surface area contributed by atoms with Crippen LogP contribution in [0.4, 0.5) is 4.39 Å². The number of ether oxygens (including phenoxy) is 1. The molecule has 0 saturated heterocycles. The van der Waals surface area contributed by atoms with Gasteiger partial charge in [0, 0.05) is 5.02 Å². The first kappa shape index (κ1) is 12.9. The van der Waals surface area contributed by atoms with Gasteiger partial charge < -0.3 is 10.5 Å². The Morgan fingerprint density at radius 3 is 2.61 bits per heavy atom. The highest BCUT2D eigenvalue weighted by molar-refractivity contribution is 6.30. The van der Waals surface area contributed by atoms with Gasteiger partial charge in [-0.2, -0.15) is 0 Å². The van der Waals surface area contributed by atoms with Gasteiger partial charge in [0.05, 0.1) is 18.7 Å². The Balaban J connectivity index is 2.48. The number of hydrogen-bond donors (Lipinski definition) is 1. The lowest BCUT2D eigenvalue weighted by Gasteiger charge is -2.17. The van der Waals surface area contributed by atoms with Crippen molar-refractivity contribution in [3.63, 3.8) is 0 Å². The molecule has 0 aliphatic heterocycles. The van der Waals surface area contributed by atoms with Crippen LogP contribution in [0.2, 0.25) is 5.02 Å². The molecule has 0 aliphatic carbocycles. The van der Waals surface area contributed by atoms with E-state index in [1.54, 1.807) is 30.3 Å². The molecule has 0 heterocycles. The first-order chi connectivity index (χ1) is 8.63. The molecule has 94 valence electrons. The van der Waals surface area contributed by atoms with E-state index in [4.69, 9.17) is 22.1 Å². The highest BCUT2D eigenvalue weighted by atomic mass is 35.5. The van der Waals surface area contributed by atoms with Crippen LogP contribution in [0.25, 0.3) is 0 Å². The quantitative estimate of drug-likeness (QED) is 0.921. The van der Waals surface area contributed by atoms with Crippen LogP contribution in [0, 0.1) is 5.82 Å². The van der Waals surface area contributed by atoms with Crippen LogP contribution < -0.4 is 10.5 Å². The Morgan fingerprint density at radius 2 is 1.94 bits per heavy atom. The maximum absolute atomic E-state index is 13.9. The van der Waals surface area contributed by atoms with Crippen LogP contribution in [0.5, 0.6) is 5.75 Å². The lowest BCUT2D eigenvalue weighted by molar-refractivity contribution is 0.402. The van der Waals surface area contributed by atoms with Crippen molar-refractivity contribution in [2.45, 2.75) is 6.04 Å². The van der Waals surface area contributed by atoms with E-state index in [2.05, 4.69) is 0 Å². The van der Waals surface area contributed by atoms with E-state index in [0.29, 0.717) is 16.3 Å². The summed E-state index contributed by atoms with van der Waals surface area (Å²) in [5.41, 5.74) is 7.16. The third-order valence-electron chi connectivity index (χ3n) is 2.75. The van der Waals surface area contributed by atoms with Crippen molar-refractivity contribution >= 4 is 11.6 Å². The zero-order chi connectivity index (χ0) is 13.1. The van der Waals surface area contributed by atoms with Gasteiger partial charge in [-0.25, -0.2) is 4.39 Å². The summed E-state index contributed by atoms with van der Waals surface area (Å²) in [5, 5.41) is 0.568. The Kier molecular flexibility index (Phi) is 3.84. The standard InChI is InChI=1S/C14H13ClFNO/c1-18-12-7-3-6-11(16)13(12)14(17)9-4-2-5-10(15)8-9/h2-8,14H,17H2,1H3. The van der Waals surface area contributed by atoms with E-state index in [0.717, 1.165) is 5.56 Å². The summed E-state index contributed by atoms with van der Waals surface area (Å²) < 4.78 is 19.0. The SMILES string of the molecule is COc1cccc(F)c1C(N)c1cccc(Cl)c1. The van der Waals surface area contributed by atoms with Gasteiger partial charge in [-0.1, -0.05) is 29.8 Å². The molecule has 0 amide bonds. The van der Waals surface area contributed by atoms with Gasteiger partial charge in [0.15, 0.2) is 0 Å². The first-order valence-electron chi connectivity index (χ1n) is 5.47. The Morgan fingerprint density at radius 1 is 1.22 bits per heavy atom. The monoisotopic (exact) mass is 265 g/mol. The predicted octanol–water partition coefficient (Wildman–Crippen LogP) is 3.54. The molecule has 2 nitrogen and oxygen atoms in total. The second kappa shape index (κ2) is 5.38. The molecule has 0 aliphatic rings. The van der Waals surface area contributed by atoms with Crippen molar-refractivity contribution in [3.05, 3.63) is 64.4 Å². The molecule has 1 atom stereocenters. The van der Waals surface area contributed by atoms with Gasteiger partial charge in [-0.05, 0) is 29.8 Å². The van der Waals surface area contributed by atoms with Crippen LogP contribution in [0.15, 0.2) is 42.5 Å². The second-order valence-corrected chi connectivity index (χ2v) is 4.32. The number of halogens is 2. The molecule has 0 saturated carbocycles. The predicted molar refractivity (Wildman–Crippen MR) is 70.4 cm³/mol. The van der Waals surface area contributed by atoms with Gasteiger partial charge >= 0.3 is 0 Å². The lowest BCUT2D eigenvalue weighted by Crippen LogP contribution is -2.15. The maximum Gasteiger partial charge on any atom is 0.132 e. The number of rotatable bonds is 3. The lowest BCUT2D eigenvalue weighted by atomic mass is 9.98. The van der Waals surface area contributed by atoms with Gasteiger partial charge in [0.25, 0.3) is 0 Å². The fraction of sp³-hybridized carbons (Fsp3) is 0.143. The van der Waals surface area contributed by atoms with Crippen molar-refractivity contribution < 1.29 is 9.13 Å². The van der Waals surface area contributed by atoms with Gasteiger partial charge in [0.2, 0.25) is 0 Å². The van der Waals surface area contributed by atoms with Crippen LogP contribution in [0.3, 0.4) is 0 Å². The molecule has 2 aromatic carbocycles. The Bertz CT molecular complexity index is 559. The summed E-state index contributed by atoms with van der Waals surface area (Å²) in [4.78, 5) is 0. The molecule has 2 N–H and O–H groups in total. The highest BCUT2D eigenvalue weighted by Crippen LogP contribution is 2.31. The third kappa shape index (κ3) is 2.47. The molecule has 0 radical (unpaired) electrons. The Hall–Kier alpha value is -1.58. The summed E-state index contributed by atoms with van der Waals surface area (Å²) in [7, 11) is 1.49. The highest BCUT2D eigenvalue weighted by Gasteiger charge is 2.18. The topological polar surface area (TPSA) is 35.2 Å². The van der Waals surface area contributed by atoms with Crippen molar-refractivity contribution in [1.82, 2.24) is 0 Å². The van der Waals surface area contributed by atoms with Crippen LogP contribution in [-0.4, -0.2) is 7.11 Å². The smallest absolute Gasteiger partial charge is 0.132 e. The fourth-order valence-electron chi connectivity index (χ4n) is 1.86. The minimum Gasteiger partial charge on any atom is -0.496 e. The van der Waals surface area contributed by atoms with Crippen LogP contribution >= 0.6 is 11.6 Å². The number of nitrogens with two attached hydrogens (primary N) is 1. The van der Waals surface area contributed by atoms with Crippen LogP contribution in [0.1, 0.15) is 17.2 Å². The van der Waals surface area contributed by atoms with E-state index >= 15 is 0 Å². The second-order valence-electron chi connectivity index (χ2n) is 3.89. The van der Waals surface area contributed by atoms with Crippen molar-refractivity contribution in [2.24, 2.45) is 5.73 Å². The van der Waals surface area contributed by atoms with E-state index < -0.39 is 6.04 Å². The molecular weight excluding hydrogens is 253 g/mol. The summed E-state index contributed by atoms with van der Waals surface area (Å²) in [6.45, 7) is 0. The van der Waals surface area contributed by atoms with Crippen molar-refractivity contribution in [1.29, 1.82) is 0 Å². The summed E-state index contributed by atoms with van der Waals surface area (Å²) >= 11 is 5.91. The van der Waals surface area contributed by atoms with E-state index in [1.807, 2.05) is 6.07 Å². The minimum absolute atomic E-state index is 0.335. The Labute approximate surface area is 110 Å². The van der Waals surface area contributed by atoms with E-state index in [-0.39, 0.29) is 5.82 Å². The molecule has 2 rings (SSSR count). The molecule has 18 heavy (non-hydrogen) atoms. The molecule has 0 aromatic heterocycles. The summed E-state index contributed by atoms with van der Waals surface area (Å²) in [6.07, 6.45) is 0. The van der Waals surface area contributed by atoms with E-state index in [9.17, 15) is 4.39 Å². The molecule has 1 unspecified atom stereocenters. The van der Waals surface area contributed by atoms with Gasteiger partial charge in [-0.15, -0.1) is 0 Å². The molecule has 0 bridgehead atoms. The van der Waals surface area contributed by atoms with Crippen molar-refractivity contribution in [2.75, 3.05) is 7.11 Å². The van der Waals surface area contributed by atoms with Crippen molar-refractivity contribution in [3.8, 4) is 5.75 Å². The minimum atomic E-state index is -0.611. The fourth-order valence-corrected chi connectivity index (χ4v) is 2.06. The normalized spacial score (nSPS) is 12.2. The maximum atomic E-state index is 13.9. The molecule has 0 fully saturated rings. The van der Waals surface area contributed by atoms with Crippen LogP contribution in [-0.2, 0) is 0 Å². The zero-order valence-corrected chi connectivity index (χ0v) is 10.6. The molecule has 4 heteroatoms. The number of hydrogen-bond acceptors (Lipinski definition) is 2. The average Bonchev–Trinajstić information content (AvgIpc) is 2.37. The van der Waals surface area contributed by atoms with Gasteiger partial charge in [0.1, 0.15) is 11.6 Å². The third-order valence-corrected chi connectivity index (χ3v) is 2.99. The zero-order valence-electron chi connectivity index (χ0n) is 9.86. The molecule has 0 spiro atoms.